The van der Waals surface area contributed by atoms with Crippen molar-refractivity contribution in [2.24, 2.45) is 4.36 Å². The van der Waals surface area contributed by atoms with Crippen molar-refractivity contribution in [2.75, 3.05) is 25.9 Å². The number of H-pyrrole nitrogens is 1. The van der Waals surface area contributed by atoms with Crippen molar-refractivity contribution in [1.29, 1.82) is 5.26 Å². The van der Waals surface area contributed by atoms with E-state index in [9.17, 15) is 9.47 Å². The Morgan fingerprint density at radius 3 is 2.96 bits per heavy atom. The highest BCUT2D eigenvalue weighted by atomic mass is 32.2. The Hall–Kier alpha value is -2.77. The Kier molecular flexibility index (Phi) is 4.20. The van der Waals surface area contributed by atoms with Crippen molar-refractivity contribution >= 4 is 20.9 Å². The summed E-state index contributed by atoms with van der Waals surface area (Å²) in [5.74, 6) is 0.461. The molecule has 1 aliphatic rings. The number of fused-ring (bicyclic) bond motifs is 1. The number of aromatic nitrogens is 5. The van der Waals surface area contributed by atoms with Crippen LogP contribution in [0.4, 0.5) is 0 Å². The third-order valence-electron chi connectivity index (χ3n) is 5.11. The number of hydrogen-bond acceptors (Lipinski definition) is 6. The molecule has 1 unspecified atom stereocenters. The summed E-state index contributed by atoms with van der Waals surface area (Å²) in [6, 6.07) is 4.18. The van der Waals surface area contributed by atoms with Crippen LogP contribution in [-0.2, 0) is 15.5 Å². The number of hydrogen-bond donors (Lipinski definition) is 1. The lowest BCUT2D eigenvalue weighted by molar-refractivity contribution is 0.0750. The standard InChI is InChI=1S/C17H20N8OS/c1-3-27(26,19-2)24-10-17(11-24,5-6-18)25-9-13(8-23-25)15-14-4-7-20-16(14)22-12-21-15/h4,7-9,12H,3,5,10-11H2,1-2H3,(H,20,21,22). The average molecular weight is 384 g/mol. The molecule has 4 rings (SSSR count). The van der Waals surface area contributed by atoms with E-state index in [0.717, 1.165) is 22.3 Å². The van der Waals surface area contributed by atoms with Crippen LogP contribution < -0.4 is 0 Å². The van der Waals surface area contributed by atoms with Crippen molar-refractivity contribution in [3.05, 3.63) is 31.0 Å². The highest BCUT2D eigenvalue weighted by molar-refractivity contribution is 7.91. The third-order valence-corrected chi connectivity index (χ3v) is 7.50. The van der Waals surface area contributed by atoms with Gasteiger partial charge in [-0.2, -0.15) is 10.4 Å². The molecule has 1 fully saturated rings. The van der Waals surface area contributed by atoms with Gasteiger partial charge < -0.3 is 4.98 Å². The molecule has 0 aliphatic carbocycles. The second-order valence-electron chi connectivity index (χ2n) is 6.57. The van der Waals surface area contributed by atoms with Crippen LogP contribution >= 0.6 is 0 Å². The molecule has 0 saturated carbocycles. The van der Waals surface area contributed by atoms with E-state index in [0.29, 0.717) is 18.8 Å². The Morgan fingerprint density at radius 1 is 1.44 bits per heavy atom. The molecule has 1 atom stereocenters. The van der Waals surface area contributed by atoms with Crippen LogP contribution in [0.1, 0.15) is 13.3 Å². The van der Waals surface area contributed by atoms with Gasteiger partial charge in [0, 0.05) is 49.2 Å². The summed E-state index contributed by atoms with van der Waals surface area (Å²) in [5.41, 5.74) is 1.91. The number of rotatable bonds is 5. The van der Waals surface area contributed by atoms with E-state index in [-0.39, 0.29) is 6.42 Å². The van der Waals surface area contributed by atoms with Gasteiger partial charge in [-0.15, -0.1) is 0 Å². The van der Waals surface area contributed by atoms with E-state index < -0.39 is 15.5 Å². The zero-order chi connectivity index (χ0) is 19.1. The molecule has 10 heteroatoms. The third kappa shape index (κ3) is 2.70. The van der Waals surface area contributed by atoms with Gasteiger partial charge in [-0.05, 0) is 6.07 Å². The first kappa shape index (κ1) is 17.6. The van der Waals surface area contributed by atoms with Gasteiger partial charge in [-0.1, -0.05) is 6.92 Å². The molecule has 4 heterocycles. The molecule has 3 aromatic heterocycles. The fraction of sp³-hybridized carbons (Fsp3) is 0.412. The maximum Gasteiger partial charge on any atom is 0.141 e. The second kappa shape index (κ2) is 6.44. The van der Waals surface area contributed by atoms with Gasteiger partial charge in [0.15, 0.2) is 0 Å². The van der Waals surface area contributed by atoms with Crippen molar-refractivity contribution in [1.82, 2.24) is 29.0 Å². The van der Waals surface area contributed by atoms with Crippen molar-refractivity contribution in [3.63, 3.8) is 0 Å². The van der Waals surface area contributed by atoms with Crippen LogP contribution in [0.5, 0.6) is 0 Å². The summed E-state index contributed by atoms with van der Waals surface area (Å²) >= 11 is 0. The summed E-state index contributed by atoms with van der Waals surface area (Å²) < 4.78 is 20.5. The Morgan fingerprint density at radius 2 is 2.26 bits per heavy atom. The molecule has 1 aliphatic heterocycles. The quantitative estimate of drug-likeness (QED) is 0.720. The monoisotopic (exact) mass is 384 g/mol. The SMILES string of the molecule is CCS(=O)(=NC)N1CC(CC#N)(n2cc(-c3ncnc4[nH]ccc34)cn2)C1. The Balaban J connectivity index is 1.68. The molecular formula is C17H20N8OS. The summed E-state index contributed by atoms with van der Waals surface area (Å²) in [5, 5.41) is 14.8. The predicted octanol–water partition coefficient (Wildman–Crippen LogP) is 1.78. The highest BCUT2D eigenvalue weighted by Crippen LogP contribution is 2.36. The zero-order valence-corrected chi connectivity index (χ0v) is 16.0. The van der Waals surface area contributed by atoms with Crippen LogP contribution in [0, 0.1) is 11.3 Å². The lowest BCUT2D eigenvalue weighted by Crippen LogP contribution is -2.64. The molecular weight excluding hydrogens is 364 g/mol. The van der Waals surface area contributed by atoms with Crippen molar-refractivity contribution < 1.29 is 4.21 Å². The summed E-state index contributed by atoms with van der Waals surface area (Å²) in [6.45, 7) is 2.83. The van der Waals surface area contributed by atoms with Gasteiger partial charge in [-0.25, -0.2) is 22.8 Å². The molecule has 9 nitrogen and oxygen atoms in total. The van der Waals surface area contributed by atoms with Gasteiger partial charge in [-0.3, -0.25) is 4.68 Å². The fourth-order valence-corrected chi connectivity index (χ4v) is 5.27. The van der Waals surface area contributed by atoms with E-state index in [1.807, 2.05) is 34.4 Å². The molecule has 0 bridgehead atoms. The topological polar surface area (TPSA) is 116 Å². The molecule has 1 saturated heterocycles. The molecule has 0 radical (unpaired) electrons. The molecule has 0 aromatic carbocycles. The van der Waals surface area contributed by atoms with Crippen LogP contribution in [-0.4, -0.2) is 59.1 Å². The largest absolute Gasteiger partial charge is 0.346 e. The minimum atomic E-state index is -2.39. The number of nitriles is 1. The molecule has 0 spiro atoms. The number of aromatic amines is 1. The first-order valence-electron chi connectivity index (χ1n) is 8.64. The summed E-state index contributed by atoms with van der Waals surface area (Å²) in [6.07, 6.45) is 7.28. The second-order valence-corrected chi connectivity index (χ2v) is 9.24. The van der Waals surface area contributed by atoms with Gasteiger partial charge in [0.05, 0.1) is 24.4 Å². The maximum atomic E-state index is 12.8. The zero-order valence-electron chi connectivity index (χ0n) is 15.2. The summed E-state index contributed by atoms with van der Waals surface area (Å²) in [7, 11) is -0.805. The highest BCUT2D eigenvalue weighted by Gasteiger charge is 2.48. The normalized spacial score (nSPS) is 18.6. The van der Waals surface area contributed by atoms with Gasteiger partial charge >= 0.3 is 0 Å². The molecule has 0 amide bonds. The fourth-order valence-electron chi connectivity index (χ4n) is 3.53. The molecule has 1 N–H and O–H groups in total. The maximum absolute atomic E-state index is 12.8. The van der Waals surface area contributed by atoms with Gasteiger partial charge in [0.1, 0.15) is 27.4 Å². The van der Waals surface area contributed by atoms with E-state index in [1.54, 1.807) is 13.2 Å². The van der Waals surface area contributed by atoms with Crippen LogP contribution in [0.2, 0.25) is 0 Å². The van der Waals surface area contributed by atoms with E-state index >= 15 is 0 Å². The average Bonchev–Trinajstić information content (AvgIpc) is 3.33. The minimum Gasteiger partial charge on any atom is -0.346 e. The van der Waals surface area contributed by atoms with Gasteiger partial charge in [0.2, 0.25) is 0 Å². The Bertz CT molecular complexity index is 1140. The van der Waals surface area contributed by atoms with Crippen molar-refractivity contribution in [3.8, 4) is 17.3 Å². The minimum absolute atomic E-state index is 0.289. The van der Waals surface area contributed by atoms with E-state index in [1.165, 1.54) is 6.33 Å². The van der Waals surface area contributed by atoms with E-state index in [4.69, 9.17) is 0 Å². The molecule has 27 heavy (non-hydrogen) atoms. The van der Waals surface area contributed by atoms with Gasteiger partial charge in [0.25, 0.3) is 0 Å². The molecule has 140 valence electrons. The van der Waals surface area contributed by atoms with Crippen molar-refractivity contribution in [2.45, 2.75) is 18.9 Å². The lowest BCUT2D eigenvalue weighted by atomic mass is 9.89. The van der Waals surface area contributed by atoms with Crippen LogP contribution in [0.15, 0.2) is 35.3 Å². The lowest BCUT2D eigenvalue weighted by Gasteiger charge is -2.49. The number of nitrogens with one attached hydrogen (secondary N) is 1. The number of nitrogens with zero attached hydrogens (tertiary/aromatic N) is 7. The first-order chi connectivity index (χ1) is 13.0. The van der Waals surface area contributed by atoms with Crippen LogP contribution in [0.25, 0.3) is 22.3 Å². The first-order valence-corrected chi connectivity index (χ1v) is 10.3. The molecule has 3 aromatic rings. The Labute approximate surface area is 157 Å². The predicted molar refractivity (Wildman–Crippen MR) is 102 cm³/mol. The van der Waals surface area contributed by atoms with Crippen LogP contribution in [0.3, 0.4) is 0 Å². The van der Waals surface area contributed by atoms with E-state index in [2.05, 4.69) is 30.5 Å². The summed E-state index contributed by atoms with van der Waals surface area (Å²) in [4.78, 5) is 11.7. The smallest absolute Gasteiger partial charge is 0.141 e.